The van der Waals surface area contributed by atoms with Gasteiger partial charge in [-0.05, 0) is 32.0 Å². The number of nitrogens with one attached hydrogen (secondary N) is 1. The number of amides is 1. The molecule has 124 valence electrons. The monoisotopic (exact) mass is 342 g/mol. The van der Waals surface area contributed by atoms with Crippen molar-refractivity contribution in [3.63, 3.8) is 0 Å². The first-order valence-corrected chi connectivity index (χ1v) is 8.57. The van der Waals surface area contributed by atoms with Crippen molar-refractivity contribution in [3.8, 4) is 0 Å². The van der Waals surface area contributed by atoms with E-state index in [1.54, 1.807) is 11.8 Å². The average Bonchev–Trinajstić information content (AvgIpc) is 3.18. The van der Waals surface area contributed by atoms with Crippen molar-refractivity contribution in [3.05, 3.63) is 71.3 Å². The number of furan rings is 1. The van der Waals surface area contributed by atoms with Crippen LogP contribution in [0, 0.1) is 13.8 Å². The number of benzene rings is 1. The van der Waals surface area contributed by atoms with E-state index in [-0.39, 0.29) is 12.5 Å². The number of rotatable bonds is 6. The molecule has 0 saturated heterocycles. The summed E-state index contributed by atoms with van der Waals surface area (Å²) in [6, 6.07) is 11.9. The highest BCUT2D eigenvalue weighted by atomic mass is 32.2. The van der Waals surface area contributed by atoms with Gasteiger partial charge in [-0.3, -0.25) is 4.79 Å². The molecule has 0 aliphatic carbocycles. The minimum Gasteiger partial charge on any atom is -0.459 e. The van der Waals surface area contributed by atoms with Crippen LogP contribution >= 0.6 is 11.8 Å². The number of hydrogen-bond donors (Lipinski definition) is 1. The van der Waals surface area contributed by atoms with Crippen LogP contribution in [0.2, 0.25) is 0 Å². The van der Waals surface area contributed by atoms with Crippen molar-refractivity contribution in [2.75, 3.05) is 0 Å². The van der Waals surface area contributed by atoms with E-state index in [0.717, 1.165) is 21.9 Å². The maximum absolute atomic E-state index is 12.3. The SMILES string of the molecule is Cc1nc(CNC(=O)c2occc2CSc2ccccc2)oc1C. The fourth-order valence-electron chi connectivity index (χ4n) is 2.18. The molecule has 0 saturated carbocycles. The summed E-state index contributed by atoms with van der Waals surface area (Å²) in [5.74, 6) is 1.98. The summed E-state index contributed by atoms with van der Waals surface area (Å²) < 4.78 is 10.8. The highest BCUT2D eigenvalue weighted by Gasteiger charge is 2.16. The average molecular weight is 342 g/mol. The summed E-state index contributed by atoms with van der Waals surface area (Å²) in [7, 11) is 0. The van der Waals surface area contributed by atoms with Gasteiger partial charge in [0.1, 0.15) is 5.76 Å². The fraction of sp³-hybridized carbons (Fsp3) is 0.222. The summed E-state index contributed by atoms with van der Waals surface area (Å²) in [6.45, 7) is 3.95. The van der Waals surface area contributed by atoms with Gasteiger partial charge in [-0.25, -0.2) is 4.98 Å². The molecule has 1 aromatic carbocycles. The van der Waals surface area contributed by atoms with E-state index in [2.05, 4.69) is 10.3 Å². The Balaban J connectivity index is 1.60. The maximum Gasteiger partial charge on any atom is 0.287 e. The third-order valence-corrected chi connectivity index (χ3v) is 4.62. The highest BCUT2D eigenvalue weighted by Crippen LogP contribution is 2.24. The molecule has 0 radical (unpaired) electrons. The van der Waals surface area contributed by atoms with Gasteiger partial charge in [0.25, 0.3) is 5.91 Å². The van der Waals surface area contributed by atoms with Crippen molar-refractivity contribution < 1.29 is 13.6 Å². The first-order valence-electron chi connectivity index (χ1n) is 7.59. The van der Waals surface area contributed by atoms with Crippen LogP contribution < -0.4 is 5.32 Å². The van der Waals surface area contributed by atoms with E-state index in [4.69, 9.17) is 8.83 Å². The summed E-state index contributed by atoms with van der Waals surface area (Å²) >= 11 is 1.66. The Bertz CT molecular complexity index is 804. The molecule has 0 fully saturated rings. The van der Waals surface area contributed by atoms with Crippen LogP contribution in [-0.4, -0.2) is 10.9 Å². The Kier molecular flexibility index (Phi) is 5.05. The van der Waals surface area contributed by atoms with Gasteiger partial charge in [0, 0.05) is 16.2 Å². The highest BCUT2D eigenvalue weighted by molar-refractivity contribution is 7.98. The third kappa shape index (κ3) is 3.89. The summed E-state index contributed by atoms with van der Waals surface area (Å²) in [6.07, 6.45) is 1.54. The predicted octanol–water partition coefficient (Wildman–Crippen LogP) is 4.11. The summed E-state index contributed by atoms with van der Waals surface area (Å²) in [4.78, 5) is 17.7. The molecule has 0 aliphatic heterocycles. The van der Waals surface area contributed by atoms with Crippen LogP contribution in [0.1, 0.15) is 33.5 Å². The number of carbonyl (C=O) groups excluding carboxylic acids is 1. The van der Waals surface area contributed by atoms with E-state index >= 15 is 0 Å². The molecular weight excluding hydrogens is 324 g/mol. The molecule has 24 heavy (non-hydrogen) atoms. The molecule has 3 aromatic rings. The number of aromatic nitrogens is 1. The first-order chi connectivity index (χ1) is 11.6. The molecular formula is C18H18N2O3S. The second-order valence-electron chi connectivity index (χ2n) is 5.31. The zero-order valence-corrected chi connectivity index (χ0v) is 14.4. The van der Waals surface area contributed by atoms with Gasteiger partial charge in [0.15, 0.2) is 5.76 Å². The minimum absolute atomic E-state index is 0.236. The number of carbonyl (C=O) groups is 1. The van der Waals surface area contributed by atoms with Gasteiger partial charge in [0.05, 0.1) is 18.5 Å². The van der Waals surface area contributed by atoms with Crippen molar-refractivity contribution in [1.29, 1.82) is 0 Å². The van der Waals surface area contributed by atoms with E-state index in [1.807, 2.05) is 50.2 Å². The van der Waals surface area contributed by atoms with Crippen molar-refractivity contribution in [2.45, 2.75) is 31.0 Å². The largest absolute Gasteiger partial charge is 0.459 e. The van der Waals surface area contributed by atoms with Gasteiger partial charge in [-0.15, -0.1) is 11.8 Å². The Hall–Kier alpha value is -2.47. The fourth-order valence-corrected chi connectivity index (χ4v) is 3.08. The van der Waals surface area contributed by atoms with Gasteiger partial charge in [0.2, 0.25) is 5.89 Å². The molecule has 0 aliphatic rings. The Morgan fingerprint density at radius 2 is 2.00 bits per heavy atom. The lowest BCUT2D eigenvalue weighted by Gasteiger charge is -2.04. The van der Waals surface area contributed by atoms with Crippen LogP contribution in [0.15, 0.2) is 56.4 Å². The second-order valence-corrected chi connectivity index (χ2v) is 6.36. The third-order valence-electron chi connectivity index (χ3n) is 3.56. The van der Waals surface area contributed by atoms with E-state index in [9.17, 15) is 4.79 Å². The standard InChI is InChI=1S/C18H18N2O3S/c1-12-13(2)23-16(20-12)10-19-18(21)17-14(8-9-22-17)11-24-15-6-4-3-5-7-15/h3-9H,10-11H2,1-2H3,(H,19,21). The Morgan fingerprint density at radius 3 is 2.71 bits per heavy atom. The lowest BCUT2D eigenvalue weighted by Crippen LogP contribution is -2.23. The van der Waals surface area contributed by atoms with Crippen LogP contribution in [0.3, 0.4) is 0 Å². The molecule has 0 atom stereocenters. The van der Waals surface area contributed by atoms with Gasteiger partial charge < -0.3 is 14.2 Å². The molecule has 3 rings (SSSR count). The zero-order chi connectivity index (χ0) is 16.9. The molecule has 0 spiro atoms. The molecule has 1 N–H and O–H groups in total. The number of nitrogens with zero attached hydrogens (tertiary/aromatic N) is 1. The molecule has 0 bridgehead atoms. The van der Waals surface area contributed by atoms with Gasteiger partial charge in [-0.1, -0.05) is 18.2 Å². The van der Waals surface area contributed by atoms with Gasteiger partial charge >= 0.3 is 0 Å². The summed E-state index contributed by atoms with van der Waals surface area (Å²) in [5, 5.41) is 2.78. The lowest BCUT2D eigenvalue weighted by atomic mass is 10.2. The van der Waals surface area contributed by atoms with Crippen molar-refractivity contribution >= 4 is 17.7 Å². The smallest absolute Gasteiger partial charge is 0.287 e. The van der Waals surface area contributed by atoms with Gasteiger partial charge in [-0.2, -0.15) is 0 Å². The molecule has 0 unspecified atom stereocenters. The first kappa shape index (κ1) is 16.4. The number of thioether (sulfide) groups is 1. The quantitative estimate of drug-likeness (QED) is 0.683. The van der Waals surface area contributed by atoms with E-state index < -0.39 is 0 Å². The minimum atomic E-state index is -0.267. The number of hydrogen-bond acceptors (Lipinski definition) is 5. The van der Waals surface area contributed by atoms with E-state index in [0.29, 0.717) is 17.4 Å². The Morgan fingerprint density at radius 1 is 1.21 bits per heavy atom. The Labute approximate surface area is 144 Å². The molecule has 2 aromatic heterocycles. The topological polar surface area (TPSA) is 68.3 Å². The zero-order valence-electron chi connectivity index (χ0n) is 13.5. The molecule has 6 heteroatoms. The maximum atomic E-state index is 12.3. The normalized spacial score (nSPS) is 10.8. The van der Waals surface area contributed by atoms with Crippen LogP contribution in [0.5, 0.6) is 0 Å². The van der Waals surface area contributed by atoms with E-state index in [1.165, 1.54) is 6.26 Å². The molecule has 2 heterocycles. The molecule has 1 amide bonds. The van der Waals surface area contributed by atoms with Crippen LogP contribution in [0.4, 0.5) is 0 Å². The van der Waals surface area contributed by atoms with Crippen molar-refractivity contribution in [1.82, 2.24) is 10.3 Å². The molecule has 5 nitrogen and oxygen atoms in total. The lowest BCUT2D eigenvalue weighted by molar-refractivity contribution is 0.0918. The van der Waals surface area contributed by atoms with Crippen molar-refractivity contribution in [2.24, 2.45) is 0 Å². The van der Waals surface area contributed by atoms with Crippen LogP contribution in [0.25, 0.3) is 0 Å². The predicted molar refractivity (Wildman–Crippen MR) is 91.9 cm³/mol. The number of oxazole rings is 1. The second kappa shape index (κ2) is 7.40. The van der Waals surface area contributed by atoms with Crippen LogP contribution in [-0.2, 0) is 12.3 Å². The summed E-state index contributed by atoms with van der Waals surface area (Å²) in [5.41, 5.74) is 1.69. The number of aryl methyl sites for hydroxylation is 2.